The van der Waals surface area contributed by atoms with Gasteiger partial charge in [0.1, 0.15) is 0 Å². The van der Waals surface area contributed by atoms with E-state index in [1.54, 1.807) is 0 Å². The standard InChI is InChI=1S/C13H27NO/c1-5-12(15)9-14-11-6-10(2)7-13(3,4)8-11/h10-12,14-15H,5-9H2,1-4H3. The van der Waals surface area contributed by atoms with Gasteiger partial charge >= 0.3 is 0 Å². The molecule has 0 radical (unpaired) electrons. The van der Waals surface area contributed by atoms with E-state index >= 15 is 0 Å². The smallest absolute Gasteiger partial charge is 0.0662 e. The lowest BCUT2D eigenvalue weighted by Gasteiger charge is -2.39. The Morgan fingerprint density at radius 3 is 2.60 bits per heavy atom. The fourth-order valence-electron chi connectivity index (χ4n) is 2.95. The Balaban J connectivity index is 2.35. The second-order valence-corrected chi connectivity index (χ2v) is 6.08. The van der Waals surface area contributed by atoms with Crippen LogP contribution in [0.2, 0.25) is 0 Å². The molecule has 0 aromatic heterocycles. The molecule has 0 aromatic carbocycles. The number of hydrogen-bond donors (Lipinski definition) is 2. The van der Waals surface area contributed by atoms with Crippen molar-refractivity contribution in [3.8, 4) is 0 Å². The van der Waals surface area contributed by atoms with E-state index in [0.717, 1.165) is 18.9 Å². The third kappa shape index (κ3) is 4.52. The lowest BCUT2D eigenvalue weighted by atomic mass is 9.70. The SMILES string of the molecule is CCC(O)CNC1CC(C)CC(C)(C)C1. The van der Waals surface area contributed by atoms with E-state index in [4.69, 9.17) is 0 Å². The van der Waals surface area contributed by atoms with Gasteiger partial charge in [0.25, 0.3) is 0 Å². The number of aliphatic hydroxyl groups is 1. The predicted octanol–water partition coefficient (Wildman–Crippen LogP) is 2.56. The van der Waals surface area contributed by atoms with E-state index in [9.17, 15) is 5.11 Å². The third-order valence-corrected chi connectivity index (χ3v) is 3.50. The lowest BCUT2D eigenvalue weighted by molar-refractivity contribution is 0.124. The summed E-state index contributed by atoms with van der Waals surface area (Å²) >= 11 is 0. The summed E-state index contributed by atoms with van der Waals surface area (Å²) in [5.41, 5.74) is 0.465. The first-order valence-electron chi connectivity index (χ1n) is 6.34. The second-order valence-electron chi connectivity index (χ2n) is 6.08. The van der Waals surface area contributed by atoms with Gasteiger partial charge in [0.05, 0.1) is 6.10 Å². The normalized spacial score (nSPS) is 32.6. The number of nitrogens with one attached hydrogen (secondary N) is 1. The van der Waals surface area contributed by atoms with E-state index in [0.29, 0.717) is 11.5 Å². The summed E-state index contributed by atoms with van der Waals surface area (Å²) in [6.07, 6.45) is 4.51. The number of rotatable bonds is 4. The highest BCUT2D eigenvalue weighted by Gasteiger charge is 2.31. The van der Waals surface area contributed by atoms with Crippen molar-refractivity contribution in [1.82, 2.24) is 5.32 Å². The van der Waals surface area contributed by atoms with Gasteiger partial charge < -0.3 is 10.4 Å². The lowest BCUT2D eigenvalue weighted by Crippen LogP contribution is -2.42. The molecule has 0 heterocycles. The van der Waals surface area contributed by atoms with Crippen molar-refractivity contribution < 1.29 is 5.11 Å². The quantitative estimate of drug-likeness (QED) is 0.752. The molecule has 1 aliphatic rings. The maximum Gasteiger partial charge on any atom is 0.0662 e. The van der Waals surface area contributed by atoms with Crippen LogP contribution in [-0.4, -0.2) is 23.8 Å². The summed E-state index contributed by atoms with van der Waals surface area (Å²) in [5.74, 6) is 0.810. The highest BCUT2D eigenvalue weighted by molar-refractivity contribution is 4.86. The molecular weight excluding hydrogens is 186 g/mol. The Morgan fingerprint density at radius 2 is 2.07 bits per heavy atom. The molecule has 1 aliphatic carbocycles. The Bertz CT molecular complexity index is 191. The van der Waals surface area contributed by atoms with Crippen LogP contribution in [0.5, 0.6) is 0 Å². The van der Waals surface area contributed by atoms with E-state index in [-0.39, 0.29) is 6.10 Å². The Kier molecular flexibility index (Phi) is 4.60. The first-order valence-corrected chi connectivity index (χ1v) is 6.34. The molecule has 0 saturated heterocycles. The fraction of sp³-hybridized carbons (Fsp3) is 1.00. The van der Waals surface area contributed by atoms with Gasteiger partial charge in [-0.3, -0.25) is 0 Å². The molecule has 0 amide bonds. The molecule has 0 aromatic rings. The van der Waals surface area contributed by atoms with Crippen LogP contribution in [0.15, 0.2) is 0 Å². The van der Waals surface area contributed by atoms with Gasteiger partial charge in [0.2, 0.25) is 0 Å². The van der Waals surface area contributed by atoms with Crippen molar-refractivity contribution in [3.05, 3.63) is 0 Å². The Hall–Kier alpha value is -0.0800. The van der Waals surface area contributed by atoms with Crippen LogP contribution < -0.4 is 5.32 Å². The molecule has 3 unspecified atom stereocenters. The first kappa shape index (κ1) is 13.0. The molecule has 2 N–H and O–H groups in total. The highest BCUT2D eigenvalue weighted by Crippen LogP contribution is 2.38. The summed E-state index contributed by atoms with van der Waals surface area (Å²) in [7, 11) is 0. The van der Waals surface area contributed by atoms with Crippen molar-refractivity contribution in [3.63, 3.8) is 0 Å². The minimum Gasteiger partial charge on any atom is -0.392 e. The minimum atomic E-state index is -0.176. The molecule has 2 nitrogen and oxygen atoms in total. The average molecular weight is 213 g/mol. The molecule has 15 heavy (non-hydrogen) atoms. The van der Waals surface area contributed by atoms with Crippen LogP contribution in [0, 0.1) is 11.3 Å². The van der Waals surface area contributed by atoms with Crippen LogP contribution in [0.3, 0.4) is 0 Å². The minimum absolute atomic E-state index is 0.176. The molecule has 1 saturated carbocycles. The van der Waals surface area contributed by atoms with Crippen molar-refractivity contribution in [2.45, 2.75) is 65.5 Å². The second kappa shape index (κ2) is 5.31. The van der Waals surface area contributed by atoms with Crippen molar-refractivity contribution >= 4 is 0 Å². The summed E-state index contributed by atoms with van der Waals surface area (Å²) in [6, 6.07) is 0.602. The zero-order valence-corrected chi connectivity index (χ0v) is 10.7. The molecule has 1 rings (SSSR count). The van der Waals surface area contributed by atoms with E-state index in [2.05, 4.69) is 26.1 Å². The van der Waals surface area contributed by atoms with Crippen LogP contribution in [0.25, 0.3) is 0 Å². The van der Waals surface area contributed by atoms with Gasteiger partial charge in [0.15, 0.2) is 0 Å². The van der Waals surface area contributed by atoms with Gasteiger partial charge in [0, 0.05) is 12.6 Å². The average Bonchev–Trinajstić information content (AvgIpc) is 2.11. The van der Waals surface area contributed by atoms with E-state index in [1.165, 1.54) is 19.3 Å². The summed E-state index contributed by atoms with van der Waals surface area (Å²) in [6.45, 7) is 9.83. The molecule has 0 aliphatic heterocycles. The Labute approximate surface area is 94.5 Å². The van der Waals surface area contributed by atoms with Gasteiger partial charge in [-0.15, -0.1) is 0 Å². The van der Waals surface area contributed by atoms with E-state index < -0.39 is 0 Å². The molecule has 0 bridgehead atoms. The van der Waals surface area contributed by atoms with Gasteiger partial charge in [-0.05, 0) is 37.0 Å². The largest absolute Gasteiger partial charge is 0.392 e. The summed E-state index contributed by atoms with van der Waals surface area (Å²) in [5, 5.41) is 13.0. The zero-order valence-electron chi connectivity index (χ0n) is 10.7. The highest BCUT2D eigenvalue weighted by atomic mass is 16.3. The van der Waals surface area contributed by atoms with Crippen LogP contribution in [0.4, 0.5) is 0 Å². The fourth-order valence-corrected chi connectivity index (χ4v) is 2.95. The molecular formula is C13H27NO. The first-order chi connectivity index (χ1) is 6.93. The molecule has 2 heteroatoms. The maximum absolute atomic E-state index is 9.52. The van der Waals surface area contributed by atoms with Crippen LogP contribution in [-0.2, 0) is 0 Å². The van der Waals surface area contributed by atoms with Crippen molar-refractivity contribution in [1.29, 1.82) is 0 Å². The summed E-state index contributed by atoms with van der Waals surface area (Å²) < 4.78 is 0. The van der Waals surface area contributed by atoms with E-state index in [1.807, 2.05) is 6.92 Å². The van der Waals surface area contributed by atoms with Crippen molar-refractivity contribution in [2.24, 2.45) is 11.3 Å². The number of aliphatic hydroxyl groups excluding tert-OH is 1. The monoisotopic (exact) mass is 213 g/mol. The predicted molar refractivity (Wildman–Crippen MR) is 64.9 cm³/mol. The number of hydrogen-bond acceptors (Lipinski definition) is 2. The topological polar surface area (TPSA) is 32.3 Å². The van der Waals surface area contributed by atoms with Crippen LogP contribution in [0.1, 0.15) is 53.4 Å². The van der Waals surface area contributed by atoms with Gasteiger partial charge in [-0.1, -0.05) is 27.7 Å². The van der Waals surface area contributed by atoms with Crippen molar-refractivity contribution in [2.75, 3.05) is 6.54 Å². The van der Waals surface area contributed by atoms with Crippen LogP contribution >= 0.6 is 0 Å². The van der Waals surface area contributed by atoms with Gasteiger partial charge in [-0.25, -0.2) is 0 Å². The third-order valence-electron chi connectivity index (χ3n) is 3.50. The molecule has 90 valence electrons. The molecule has 1 fully saturated rings. The Morgan fingerprint density at radius 1 is 1.40 bits per heavy atom. The maximum atomic E-state index is 9.52. The molecule has 0 spiro atoms. The molecule has 3 atom stereocenters. The summed E-state index contributed by atoms with van der Waals surface area (Å²) in [4.78, 5) is 0. The van der Waals surface area contributed by atoms with Gasteiger partial charge in [-0.2, -0.15) is 0 Å². The zero-order chi connectivity index (χ0) is 11.5.